The number of H-pyrrole nitrogens is 1. The summed E-state index contributed by atoms with van der Waals surface area (Å²) < 4.78 is 24.3. The summed E-state index contributed by atoms with van der Waals surface area (Å²) in [4.78, 5) is 31.3. The number of carbonyl (C=O) groups is 2. The Balaban J connectivity index is 1.85. The van der Waals surface area contributed by atoms with E-state index in [0.717, 1.165) is 0 Å². The zero-order chi connectivity index (χ0) is 17.5. The smallest absolute Gasteiger partial charge is 0.270 e. The van der Waals surface area contributed by atoms with Crippen LogP contribution < -0.4 is 0 Å². The third-order valence-corrected chi connectivity index (χ3v) is 6.37. The number of carbonyl (C=O) groups excluding carboxylic acids is 2. The third kappa shape index (κ3) is 3.19. The number of sulfone groups is 1. The van der Waals surface area contributed by atoms with Crippen molar-refractivity contribution in [1.82, 2.24) is 14.8 Å². The van der Waals surface area contributed by atoms with Crippen LogP contribution >= 0.6 is 0 Å². The molecule has 0 spiro atoms. The molecule has 2 aliphatic rings. The molecule has 2 aliphatic heterocycles. The topological polar surface area (TPSA) is 90.6 Å². The molecule has 1 aromatic heterocycles. The van der Waals surface area contributed by atoms with Crippen LogP contribution in [0.5, 0.6) is 0 Å². The number of hydrogen-bond acceptors (Lipinski definition) is 4. The summed E-state index contributed by atoms with van der Waals surface area (Å²) in [5.74, 6) is -0.148. The van der Waals surface area contributed by atoms with Gasteiger partial charge in [-0.05, 0) is 18.1 Å². The first-order valence-electron chi connectivity index (χ1n) is 8.23. The highest BCUT2D eigenvalue weighted by Gasteiger charge is 2.49. The van der Waals surface area contributed by atoms with Crippen LogP contribution in [-0.4, -0.2) is 71.7 Å². The summed E-state index contributed by atoms with van der Waals surface area (Å²) in [5, 5.41) is 0. The molecule has 3 rings (SSSR count). The van der Waals surface area contributed by atoms with E-state index in [9.17, 15) is 18.0 Å². The van der Waals surface area contributed by atoms with Gasteiger partial charge in [0.05, 0.1) is 23.6 Å². The van der Waals surface area contributed by atoms with E-state index in [2.05, 4.69) is 4.98 Å². The van der Waals surface area contributed by atoms with Crippen LogP contribution in [0.25, 0.3) is 0 Å². The first-order valence-corrected chi connectivity index (χ1v) is 10.0. The van der Waals surface area contributed by atoms with Gasteiger partial charge in [-0.2, -0.15) is 0 Å². The van der Waals surface area contributed by atoms with Crippen molar-refractivity contribution in [2.75, 3.05) is 24.6 Å². The molecule has 7 nitrogen and oxygen atoms in total. The Morgan fingerprint density at radius 1 is 1.21 bits per heavy atom. The van der Waals surface area contributed by atoms with Crippen molar-refractivity contribution in [2.45, 2.75) is 32.4 Å². The zero-order valence-electron chi connectivity index (χ0n) is 13.9. The van der Waals surface area contributed by atoms with E-state index in [-0.39, 0.29) is 29.2 Å². The molecule has 3 heterocycles. The van der Waals surface area contributed by atoms with Gasteiger partial charge in [0.1, 0.15) is 5.69 Å². The molecular formula is C16H23N3O4S. The van der Waals surface area contributed by atoms with Crippen LogP contribution in [0.2, 0.25) is 0 Å². The Morgan fingerprint density at radius 2 is 1.83 bits per heavy atom. The SMILES string of the molecule is CC(C)CC(=O)N1CCN(C(=O)c2ccc[nH]2)[C@H]2CS(=O)(=O)C[C@H]21. The van der Waals surface area contributed by atoms with Crippen molar-refractivity contribution in [2.24, 2.45) is 5.92 Å². The molecule has 0 aromatic carbocycles. The minimum Gasteiger partial charge on any atom is -0.357 e. The molecule has 8 heteroatoms. The van der Waals surface area contributed by atoms with Gasteiger partial charge >= 0.3 is 0 Å². The van der Waals surface area contributed by atoms with Gasteiger partial charge in [-0.15, -0.1) is 0 Å². The Kier molecular flexibility index (Phi) is 4.42. The van der Waals surface area contributed by atoms with Crippen molar-refractivity contribution < 1.29 is 18.0 Å². The molecule has 1 aromatic rings. The number of fused-ring (bicyclic) bond motifs is 1. The van der Waals surface area contributed by atoms with Crippen LogP contribution in [0.4, 0.5) is 0 Å². The fraction of sp³-hybridized carbons (Fsp3) is 0.625. The summed E-state index contributed by atoms with van der Waals surface area (Å²) in [6, 6.07) is 2.51. The van der Waals surface area contributed by atoms with Gasteiger partial charge < -0.3 is 14.8 Å². The van der Waals surface area contributed by atoms with Crippen molar-refractivity contribution in [3.63, 3.8) is 0 Å². The Morgan fingerprint density at radius 3 is 2.42 bits per heavy atom. The minimum absolute atomic E-state index is 0.0240. The van der Waals surface area contributed by atoms with E-state index in [1.54, 1.807) is 28.1 Å². The van der Waals surface area contributed by atoms with E-state index in [1.807, 2.05) is 13.8 Å². The van der Waals surface area contributed by atoms with E-state index < -0.39 is 21.9 Å². The lowest BCUT2D eigenvalue weighted by Gasteiger charge is -2.44. The van der Waals surface area contributed by atoms with Crippen molar-refractivity contribution in [3.8, 4) is 0 Å². The summed E-state index contributed by atoms with van der Waals surface area (Å²) in [5.41, 5.74) is 0.444. The predicted octanol–water partition coefficient (Wildman–Crippen LogP) is 0.511. The number of nitrogens with one attached hydrogen (secondary N) is 1. The van der Waals surface area contributed by atoms with Crippen LogP contribution in [0, 0.1) is 5.92 Å². The summed E-state index contributed by atoms with van der Waals surface area (Å²) >= 11 is 0. The fourth-order valence-electron chi connectivity index (χ4n) is 3.60. The molecule has 0 saturated carbocycles. The molecule has 24 heavy (non-hydrogen) atoms. The summed E-state index contributed by atoms with van der Waals surface area (Å²) in [6.07, 6.45) is 2.06. The standard InChI is InChI=1S/C16H23N3O4S/c1-11(2)8-15(20)18-6-7-19(16(21)12-4-3-5-17-12)14-10-24(22,23)9-13(14)18/h3-5,11,13-14,17H,6-10H2,1-2H3/t13-,14+/m1/s1. The van der Waals surface area contributed by atoms with E-state index >= 15 is 0 Å². The molecule has 2 amide bonds. The number of amides is 2. The highest BCUT2D eigenvalue weighted by atomic mass is 32.2. The molecule has 2 fully saturated rings. The fourth-order valence-corrected chi connectivity index (χ4v) is 5.58. The van der Waals surface area contributed by atoms with Crippen LogP contribution in [0.15, 0.2) is 18.3 Å². The molecule has 2 atom stereocenters. The van der Waals surface area contributed by atoms with E-state index in [0.29, 0.717) is 25.2 Å². The first-order chi connectivity index (χ1) is 11.3. The zero-order valence-corrected chi connectivity index (χ0v) is 14.8. The largest absolute Gasteiger partial charge is 0.357 e. The molecule has 1 N–H and O–H groups in total. The maximum atomic E-state index is 12.7. The van der Waals surface area contributed by atoms with Gasteiger partial charge in [0, 0.05) is 25.7 Å². The minimum atomic E-state index is -3.26. The number of rotatable bonds is 3. The molecular weight excluding hydrogens is 330 g/mol. The number of piperazine rings is 1. The maximum absolute atomic E-state index is 12.7. The molecule has 0 unspecified atom stereocenters. The van der Waals surface area contributed by atoms with E-state index in [1.165, 1.54) is 0 Å². The van der Waals surface area contributed by atoms with Crippen LogP contribution in [0.1, 0.15) is 30.8 Å². The summed E-state index contributed by atoms with van der Waals surface area (Å²) in [7, 11) is -3.26. The van der Waals surface area contributed by atoms with Gasteiger partial charge in [-0.1, -0.05) is 13.8 Å². The van der Waals surface area contributed by atoms with Crippen molar-refractivity contribution in [3.05, 3.63) is 24.0 Å². The predicted molar refractivity (Wildman–Crippen MR) is 89.2 cm³/mol. The molecule has 0 bridgehead atoms. The molecule has 0 radical (unpaired) electrons. The maximum Gasteiger partial charge on any atom is 0.270 e. The number of aromatic nitrogens is 1. The van der Waals surface area contributed by atoms with Crippen molar-refractivity contribution >= 4 is 21.7 Å². The van der Waals surface area contributed by atoms with E-state index in [4.69, 9.17) is 0 Å². The van der Waals surface area contributed by atoms with Crippen LogP contribution in [-0.2, 0) is 14.6 Å². The molecule has 132 valence electrons. The number of aromatic amines is 1. The number of nitrogens with zero attached hydrogens (tertiary/aromatic N) is 2. The Labute approximate surface area is 141 Å². The second-order valence-electron chi connectivity index (χ2n) is 6.98. The Hall–Kier alpha value is -1.83. The average molecular weight is 353 g/mol. The van der Waals surface area contributed by atoms with Gasteiger partial charge in [0.25, 0.3) is 5.91 Å². The van der Waals surface area contributed by atoms with Gasteiger partial charge in [-0.3, -0.25) is 9.59 Å². The van der Waals surface area contributed by atoms with Crippen molar-refractivity contribution in [1.29, 1.82) is 0 Å². The summed E-state index contributed by atoms with van der Waals surface area (Å²) in [6.45, 7) is 4.67. The quantitative estimate of drug-likeness (QED) is 0.857. The van der Waals surface area contributed by atoms with Gasteiger partial charge in [-0.25, -0.2) is 8.42 Å². The number of hydrogen-bond donors (Lipinski definition) is 1. The third-order valence-electron chi connectivity index (χ3n) is 4.67. The molecule has 2 saturated heterocycles. The lowest BCUT2D eigenvalue weighted by atomic mass is 10.0. The lowest BCUT2D eigenvalue weighted by molar-refractivity contribution is -0.137. The highest BCUT2D eigenvalue weighted by molar-refractivity contribution is 7.91. The van der Waals surface area contributed by atoms with Gasteiger partial charge in [0.15, 0.2) is 9.84 Å². The van der Waals surface area contributed by atoms with Crippen LogP contribution in [0.3, 0.4) is 0 Å². The monoisotopic (exact) mass is 353 g/mol. The second kappa shape index (κ2) is 6.23. The average Bonchev–Trinajstić information content (AvgIpc) is 3.10. The van der Waals surface area contributed by atoms with Gasteiger partial charge in [0.2, 0.25) is 5.91 Å². The normalized spacial score (nSPS) is 25.8. The lowest BCUT2D eigenvalue weighted by Crippen LogP contribution is -2.62. The molecule has 0 aliphatic carbocycles. The first kappa shape index (κ1) is 17.0. The Bertz CT molecular complexity index is 727. The highest BCUT2D eigenvalue weighted by Crippen LogP contribution is 2.29. The second-order valence-corrected chi connectivity index (χ2v) is 9.13.